The Morgan fingerprint density at radius 3 is 1.45 bits per heavy atom. The fraction of sp³-hybridized carbons (Fsp3) is 0.400. The van der Waals surface area contributed by atoms with Gasteiger partial charge in [0.15, 0.2) is 0 Å². The van der Waals surface area contributed by atoms with E-state index >= 15 is 0 Å². The molecule has 1 fully saturated rings. The van der Waals surface area contributed by atoms with Crippen molar-refractivity contribution in [2.24, 2.45) is 0 Å². The van der Waals surface area contributed by atoms with E-state index in [1.54, 1.807) is 0 Å². The summed E-state index contributed by atoms with van der Waals surface area (Å²) in [5.74, 6) is 0. The van der Waals surface area contributed by atoms with Crippen molar-refractivity contribution >= 4 is 0 Å². The Morgan fingerprint density at radius 1 is 0.636 bits per heavy atom. The van der Waals surface area contributed by atoms with Crippen LogP contribution in [0, 0.1) is 0 Å². The zero-order chi connectivity index (χ0) is 15.0. The molecular formula is C20H24O2. The molecule has 0 radical (unpaired) electrons. The average Bonchev–Trinajstić information content (AvgIpc) is 2.61. The van der Waals surface area contributed by atoms with Crippen LogP contribution < -0.4 is 0 Å². The topological polar surface area (TPSA) is 18.5 Å². The molecule has 0 heterocycles. The summed E-state index contributed by atoms with van der Waals surface area (Å²) >= 11 is 0. The van der Waals surface area contributed by atoms with Gasteiger partial charge in [0.25, 0.3) is 0 Å². The number of hydrogen-bond acceptors (Lipinski definition) is 2. The normalized spacial score (nSPS) is 21.6. The van der Waals surface area contributed by atoms with Crippen LogP contribution in [0.2, 0.25) is 0 Å². The first-order valence-electron chi connectivity index (χ1n) is 8.23. The minimum Gasteiger partial charge on any atom is -0.371 e. The largest absolute Gasteiger partial charge is 0.371 e. The van der Waals surface area contributed by atoms with Gasteiger partial charge in [-0.1, -0.05) is 73.5 Å². The fourth-order valence-corrected chi connectivity index (χ4v) is 3.00. The van der Waals surface area contributed by atoms with Crippen molar-refractivity contribution in [1.29, 1.82) is 0 Å². The Labute approximate surface area is 133 Å². The first kappa shape index (κ1) is 15.3. The highest BCUT2D eigenvalue weighted by atomic mass is 16.5. The zero-order valence-electron chi connectivity index (χ0n) is 13.0. The lowest BCUT2D eigenvalue weighted by atomic mass is 9.94. The highest BCUT2D eigenvalue weighted by Gasteiger charge is 2.26. The molecule has 0 unspecified atom stereocenters. The Hall–Kier alpha value is -1.64. The fourth-order valence-electron chi connectivity index (χ4n) is 3.00. The maximum Gasteiger partial charge on any atom is 0.0841 e. The molecule has 1 saturated carbocycles. The van der Waals surface area contributed by atoms with E-state index in [0.29, 0.717) is 13.2 Å². The molecule has 22 heavy (non-hydrogen) atoms. The third-order valence-electron chi connectivity index (χ3n) is 4.26. The predicted octanol–water partition coefficient (Wildman–Crippen LogP) is 4.73. The summed E-state index contributed by atoms with van der Waals surface area (Å²) in [6.45, 7) is 1.35. The molecule has 0 aliphatic heterocycles. The van der Waals surface area contributed by atoms with Gasteiger partial charge >= 0.3 is 0 Å². The molecule has 0 aromatic heterocycles. The Balaban J connectivity index is 1.52. The molecule has 0 spiro atoms. The summed E-state index contributed by atoms with van der Waals surface area (Å²) in [4.78, 5) is 0. The second-order valence-electron chi connectivity index (χ2n) is 5.95. The maximum absolute atomic E-state index is 6.15. The van der Waals surface area contributed by atoms with E-state index in [2.05, 4.69) is 48.5 Å². The van der Waals surface area contributed by atoms with Gasteiger partial charge in [-0.15, -0.1) is 0 Å². The van der Waals surface area contributed by atoms with E-state index in [-0.39, 0.29) is 12.2 Å². The van der Waals surface area contributed by atoms with Crippen LogP contribution in [-0.2, 0) is 22.7 Å². The van der Waals surface area contributed by atoms with Gasteiger partial charge in [-0.25, -0.2) is 0 Å². The quantitative estimate of drug-likeness (QED) is 0.767. The van der Waals surface area contributed by atoms with Gasteiger partial charge in [-0.2, -0.15) is 0 Å². The van der Waals surface area contributed by atoms with E-state index in [1.807, 2.05) is 12.1 Å². The average molecular weight is 296 g/mol. The van der Waals surface area contributed by atoms with E-state index in [4.69, 9.17) is 9.47 Å². The lowest BCUT2D eigenvalue weighted by Gasteiger charge is -2.31. The Kier molecular flexibility index (Phi) is 5.63. The van der Waals surface area contributed by atoms with Crippen LogP contribution in [0.1, 0.15) is 36.8 Å². The molecule has 0 bridgehead atoms. The third kappa shape index (κ3) is 4.43. The molecule has 1 aliphatic carbocycles. The molecule has 1 aliphatic rings. The summed E-state index contributed by atoms with van der Waals surface area (Å²) in [5.41, 5.74) is 2.46. The minimum atomic E-state index is 0.220. The number of ether oxygens (including phenoxy) is 2. The van der Waals surface area contributed by atoms with Crippen molar-refractivity contribution in [1.82, 2.24) is 0 Å². The molecule has 0 saturated heterocycles. The summed E-state index contributed by atoms with van der Waals surface area (Å²) in [5, 5.41) is 0. The zero-order valence-corrected chi connectivity index (χ0v) is 13.0. The van der Waals surface area contributed by atoms with Crippen LogP contribution >= 0.6 is 0 Å². The molecule has 2 heteroatoms. The molecule has 0 N–H and O–H groups in total. The van der Waals surface area contributed by atoms with Crippen molar-refractivity contribution in [3.63, 3.8) is 0 Å². The number of benzene rings is 2. The highest BCUT2D eigenvalue weighted by molar-refractivity contribution is 5.14. The molecule has 2 aromatic rings. The molecule has 2 aromatic carbocycles. The molecular weight excluding hydrogens is 272 g/mol. The second kappa shape index (κ2) is 8.11. The summed E-state index contributed by atoms with van der Waals surface area (Å²) in [6, 6.07) is 20.8. The molecule has 3 rings (SSSR count). The van der Waals surface area contributed by atoms with Gasteiger partial charge in [0, 0.05) is 0 Å². The van der Waals surface area contributed by atoms with Gasteiger partial charge in [-0.3, -0.25) is 0 Å². The number of hydrogen-bond donors (Lipinski definition) is 0. The Bertz CT molecular complexity index is 487. The van der Waals surface area contributed by atoms with Crippen LogP contribution in [0.4, 0.5) is 0 Å². The van der Waals surface area contributed by atoms with Gasteiger partial charge in [0.1, 0.15) is 0 Å². The van der Waals surface area contributed by atoms with Crippen LogP contribution in [0.5, 0.6) is 0 Å². The number of rotatable bonds is 6. The van der Waals surface area contributed by atoms with Crippen molar-refractivity contribution in [3.8, 4) is 0 Å². The van der Waals surface area contributed by atoms with Crippen LogP contribution in [-0.4, -0.2) is 12.2 Å². The SMILES string of the molecule is c1ccc(CO[C@H]2CCCC[C@H]2OCc2ccccc2)cc1. The van der Waals surface area contributed by atoms with E-state index in [0.717, 1.165) is 12.8 Å². The Morgan fingerprint density at radius 2 is 1.05 bits per heavy atom. The van der Waals surface area contributed by atoms with Crippen LogP contribution in [0.25, 0.3) is 0 Å². The molecule has 116 valence electrons. The van der Waals surface area contributed by atoms with E-state index < -0.39 is 0 Å². The second-order valence-corrected chi connectivity index (χ2v) is 5.95. The van der Waals surface area contributed by atoms with Crippen molar-refractivity contribution in [2.75, 3.05) is 0 Å². The van der Waals surface area contributed by atoms with Crippen LogP contribution in [0.15, 0.2) is 60.7 Å². The van der Waals surface area contributed by atoms with Gasteiger partial charge in [0.2, 0.25) is 0 Å². The van der Waals surface area contributed by atoms with Crippen molar-refractivity contribution in [2.45, 2.75) is 51.1 Å². The summed E-state index contributed by atoms with van der Waals surface area (Å²) in [7, 11) is 0. The monoisotopic (exact) mass is 296 g/mol. The van der Waals surface area contributed by atoms with Gasteiger partial charge in [0.05, 0.1) is 25.4 Å². The first-order valence-corrected chi connectivity index (χ1v) is 8.23. The van der Waals surface area contributed by atoms with Gasteiger partial charge < -0.3 is 9.47 Å². The smallest absolute Gasteiger partial charge is 0.0841 e. The lowest BCUT2D eigenvalue weighted by molar-refractivity contribution is -0.103. The van der Waals surface area contributed by atoms with Crippen LogP contribution in [0.3, 0.4) is 0 Å². The third-order valence-corrected chi connectivity index (χ3v) is 4.26. The molecule has 0 amide bonds. The van der Waals surface area contributed by atoms with E-state index in [1.165, 1.54) is 24.0 Å². The standard InChI is InChI=1S/C20H24O2/c1-3-9-17(10-4-1)15-21-19-13-7-8-14-20(19)22-16-18-11-5-2-6-12-18/h1-6,9-12,19-20H,7-8,13-16H2/t19-,20+. The summed E-state index contributed by atoms with van der Waals surface area (Å²) in [6.07, 6.45) is 5.13. The molecule has 2 atom stereocenters. The van der Waals surface area contributed by atoms with Gasteiger partial charge in [-0.05, 0) is 24.0 Å². The van der Waals surface area contributed by atoms with Crippen molar-refractivity contribution < 1.29 is 9.47 Å². The lowest BCUT2D eigenvalue weighted by Crippen LogP contribution is -2.34. The minimum absolute atomic E-state index is 0.220. The first-order chi connectivity index (χ1) is 10.9. The molecule has 2 nitrogen and oxygen atoms in total. The predicted molar refractivity (Wildman–Crippen MR) is 88.5 cm³/mol. The highest BCUT2D eigenvalue weighted by Crippen LogP contribution is 2.25. The maximum atomic E-state index is 6.15. The van der Waals surface area contributed by atoms with E-state index in [9.17, 15) is 0 Å². The summed E-state index contributed by atoms with van der Waals surface area (Å²) < 4.78 is 12.3. The van der Waals surface area contributed by atoms with Crippen molar-refractivity contribution in [3.05, 3.63) is 71.8 Å².